The third kappa shape index (κ3) is 3.94. The van der Waals surface area contributed by atoms with Crippen molar-refractivity contribution in [3.05, 3.63) is 0 Å². The number of sulfonamides is 1. The lowest BCUT2D eigenvalue weighted by Crippen LogP contribution is -2.49. The highest BCUT2D eigenvalue weighted by atomic mass is 32.2. The summed E-state index contributed by atoms with van der Waals surface area (Å²) in [5, 5.41) is 11.8. The minimum Gasteiger partial charge on any atom is -0.481 e. The zero-order valence-corrected chi connectivity index (χ0v) is 12.9. The van der Waals surface area contributed by atoms with Gasteiger partial charge in [0.2, 0.25) is 15.9 Å². The van der Waals surface area contributed by atoms with E-state index < -0.39 is 22.0 Å². The molecule has 0 spiro atoms. The van der Waals surface area contributed by atoms with Crippen molar-refractivity contribution in [3.63, 3.8) is 0 Å². The molecule has 0 aromatic rings. The Morgan fingerprint density at radius 2 is 1.76 bits per heavy atom. The summed E-state index contributed by atoms with van der Waals surface area (Å²) in [5.41, 5.74) is 0. The quantitative estimate of drug-likeness (QED) is 0.769. The number of rotatable bonds is 4. The zero-order valence-electron chi connectivity index (χ0n) is 12.1. The molecule has 2 aliphatic rings. The normalized spacial score (nSPS) is 31.0. The lowest BCUT2D eigenvalue weighted by Gasteiger charge is -2.29. The van der Waals surface area contributed by atoms with Gasteiger partial charge in [-0.1, -0.05) is 0 Å². The number of amides is 1. The van der Waals surface area contributed by atoms with Gasteiger partial charge < -0.3 is 10.4 Å². The van der Waals surface area contributed by atoms with Crippen LogP contribution in [0.25, 0.3) is 0 Å². The van der Waals surface area contributed by atoms with Crippen molar-refractivity contribution in [1.82, 2.24) is 9.62 Å². The van der Waals surface area contributed by atoms with Gasteiger partial charge >= 0.3 is 5.97 Å². The van der Waals surface area contributed by atoms with Crippen LogP contribution < -0.4 is 5.32 Å². The van der Waals surface area contributed by atoms with Crippen LogP contribution in [0.15, 0.2) is 0 Å². The van der Waals surface area contributed by atoms with E-state index in [1.165, 1.54) is 4.31 Å². The topological polar surface area (TPSA) is 104 Å². The van der Waals surface area contributed by atoms with Gasteiger partial charge in [-0.25, -0.2) is 8.42 Å². The lowest BCUT2D eigenvalue weighted by atomic mass is 9.86. The number of hydrogen-bond donors (Lipinski definition) is 2. The molecule has 7 nitrogen and oxygen atoms in total. The molecule has 1 saturated carbocycles. The van der Waals surface area contributed by atoms with Crippen molar-refractivity contribution in [2.24, 2.45) is 5.92 Å². The van der Waals surface area contributed by atoms with E-state index in [0.29, 0.717) is 45.1 Å². The van der Waals surface area contributed by atoms with E-state index in [1.807, 2.05) is 0 Å². The molecule has 1 atom stereocenters. The minimum absolute atomic E-state index is 0.0462. The highest BCUT2D eigenvalue weighted by molar-refractivity contribution is 7.88. The van der Waals surface area contributed by atoms with Crippen molar-refractivity contribution in [3.8, 4) is 0 Å². The zero-order chi connectivity index (χ0) is 15.6. The maximum absolute atomic E-state index is 12.3. The van der Waals surface area contributed by atoms with Crippen LogP contribution in [0.1, 0.15) is 38.5 Å². The molecule has 2 N–H and O–H groups in total. The van der Waals surface area contributed by atoms with Gasteiger partial charge in [-0.05, 0) is 38.5 Å². The highest BCUT2D eigenvalue weighted by Crippen LogP contribution is 2.26. The van der Waals surface area contributed by atoms with E-state index in [-0.39, 0.29) is 17.9 Å². The fourth-order valence-electron chi connectivity index (χ4n) is 3.18. The van der Waals surface area contributed by atoms with E-state index in [2.05, 4.69) is 5.32 Å². The first-order valence-electron chi connectivity index (χ1n) is 7.29. The summed E-state index contributed by atoms with van der Waals surface area (Å²) in [6, 6.07) is -0.660. The van der Waals surface area contributed by atoms with Crippen molar-refractivity contribution in [2.45, 2.75) is 50.6 Å². The van der Waals surface area contributed by atoms with Crippen molar-refractivity contribution in [2.75, 3.05) is 12.8 Å². The molecule has 1 saturated heterocycles. The molecule has 0 aromatic heterocycles. The van der Waals surface area contributed by atoms with Gasteiger partial charge in [0, 0.05) is 12.6 Å². The van der Waals surface area contributed by atoms with E-state index in [4.69, 9.17) is 5.11 Å². The molecule has 120 valence electrons. The Balaban J connectivity index is 1.89. The second-order valence-electron chi connectivity index (χ2n) is 5.93. The monoisotopic (exact) mass is 318 g/mol. The summed E-state index contributed by atoms with van der Waals surface area (Å²) in [5.74, 6) is -1.35. The summed E-state index contributed by atoms with van der Waals surface area (Å²) < 4.78 is 24.5. The molecular weight excluding hydrogens is 296 g/mol. The summed E-state index contributed by atoms with van der Waals surface area (Å²) in [7, 11) is -3.36. The van der Waals surface area contributed by atoms with Crippen LogP contribution in [-0.2, 0) is 19.6 Å². The fraction of sp³-hybridized carbons (Fsp3) is 0.846. The van der Waals surface area contributed by atoms with E-state index in [9.17, 15) is 18.0 Å². The predicted octanol–water partition coefficient (Wildman–Crippen LogP) is 0.170. The first-order chi connectivity index (χ1) is 9.79. The lowest BCUT2D eigenvalue weighted by molar-refractivity contribution is -0.142. The van der Waals surface area contributed by atoms with E-state index in [1.54, 1.807) is 0 Å². The van der Waals surface area contributed by atoms with E-state index >= 15 is 0 Å². The molecular formula is C13H22N2O5S. The summed E-state index contributed by atoms with van der Waals surface area (Å²) in [4.78, 5) is 23.1. The second kappa shape index (κ2) is 6.31. The van der Waals surface area contributed by atoms with Crippen LogP contribution in [0, 0.1) is 5.92 Å². The van der Waals surface area contributed by atoms with Crippen molar-refractivity contribution >= 4 is 21.9 Å². The summed E-state index contributed by atoms with van der Waals surface area (Å²) in [6.45, 7) is 0.392. The number of aliphatic carboxylic acids is 1. The molecule has 0 bridgehead atoms. The molecule has 1 aliphatic carbocycles. The second-order valence-corrected chi connectivity index (χ2v) is 7.86. The van der Waals surface area contributed by atoms with Gasteiger partial charge in [0.1, 0.15) is 6.04 Å². The Morgan fingerprint density at radius 3 is 2.29 bits per heavy atom. The molecule has 2 fully saturated rings. The molecule has 21 heavy (non-hydrogen) atoms. The molecule has 1 amide bonds. The van der Waals surface area contributed by atoms with Gasteiger partial charge in [-0.15, -0.1) is 0 Å². The smallest absolute Gasteiger partial charge is 0.306 e. The molecule has 1 aliphatic heterocycles. The molecule has 0 radical (unpaired) electrons. The average molecular weight is 318 g/mol. The van der Waals surface area contributed by atoms with Crippen LogP contribution in [0.5, 0.6) is 0 Å². The van der Waals surface area contributed by atoms with Gasteiger partial charge in [0.15, 0.2) is 0 Å². The average Bonchev–Trinajstić information content (AvgIpc) is 2.88. The third-order valence-electron chi connectivity index (χ3n) is 4.36. The van der Waals surface area contributed by atoms with Crippen LogP contribution >= 0.6 is 0 Å². The number of carbonyl (C=O) groups excluding carboxylic acids is 1. The molecule has 2 rings (SSSR count). The first-order valence-corrected chi connectivity index (χ1v) is 9.14. The third-order valence-corrected chi connectivity index (χ3v) is 5.64. The van der Waals surface area contributed by atoms with Gasteiger partial charge in [-0.3, -0.25) is 9.59 Å². The molecule has 1 unspecified atom stereocenters. The fourth-order valence-corrected chi connectivity index (χ4v) is 4.31. The number of carbonyl (C=O) groups is 2. The maximum atomic E-state index is 12.3. The Labute approximate surface area is 124 Å². The van der Waals surface area contributed by atoms with Gasteiger partial charge in [0.05, 0.1) is 12.2 Å². The first kappa shape index (κ1) is 16.2. The van der Waals surface area contributed by atoms with Gasteiger partial charge in [0.25, 0.3) is 0 Å². The predicted molar refractivity (Wildman–Crippen MR) is 76.1 cm³/mol. The van der Waals surface area contributed by atoms with E-state index in [0.717, 1.165) is 6.26 Å². The minimum atomic E-state index is -3.36. The molecule has 8 heteroatoms. The van der Waals surface area contributed by atoms with Crippen LogP contribution in [0.2, 0.25) is 0 Å². The Morgan fingerprint density at radius 1 is 1.14 bits per heavy atom. The van der Waals surface area contributed by atoms with Crippen LogP contribution in [0.3, 0.4) is 0 Å². The standard InChI is InChI=1S/C13H22N2O5S/c1-21(19,20)15-8-2-3-11(15)12(16)14-10-6-4-9(5-7-10)13(17)18/h9-11H,2-8H2,1H3,(H,14,16)(H,17,18). The largest absolute Gasteiger partial charge is 0.481 e. The van der Waals surface area contributed by atoms with Gasteiger partial charge in [-0.2, -0.15) is 4.31 Å². The maximum Gasteiger partial charge on any atom is 0.306 e. The number of hydrogen-bond acceptors (Lipinski definition) is 4. The number of nitrogens with one attached hydrogen (secondary N) is 1. The Hall–Kier alpha value is -1.15. The SMILES string of the molecule is CS(=O)(=O)N1CCCC1C(=O)NC1CCC(C(=O)O)CC1. The Bertz CT molecular complexity index is 511. The summed E-state index contributed by atoms with van der Waals surface area (Å²) >= 11 is 0. The Kier molecular flexibility index (Phi) is 4.88. The molecule has 0 aromatic carbocycles. The van der Waals surface area contributed by atoms with Crippen molar-refractivity contribution < 1.29 is 23.1 Å². The highest BCUT2D eigenvalue weighted by Gasteiger charge is 2.37. The molecule has 1 heterocycles. The van der Waals surface area contributed by atoms with Crippen LogP contribution in [-0.4, -0.2) is 54.6 Å². The number of carboxylic acid groups (broad SMARTS) is 1. The van der Waals surface area contributed by atoms with Crippen molar-refractivity contribution in [1.29, 1.82) is 0 Å². The number of nitrogens with zero attached hydrogens (tertiary/aromatic N) is 1. The van der Waals surface area contributed by atoms with Crippen LogP contribution in [0.4, 0.5) is 0 Å². The summed E-state index contributed by atoms with van der Waals surface area (Å²) in [6.07, 6.45) is 4.74. The number of carboxylic acids is 1.